The van der Waals surface area contributed by atoms with Gasteiger partial charge in [0.1, 0.15) is 12.4 Å². The van der Waals surface area contributed by atoms with Gasteiger partial charge >= 0.3 is 5.97 Å². The Bertz CT molecular complexity index is 405. The van der Waals surface area contributed by atoms with E-state index in [1.165, 1.54) is 0 Å². The number of carbonyl (C=O) groups excluding carboxylic acids is 1. The van der Waals surface area contributed by atoms with Gasteiger partial charge < -0.3 is 14.2 Å². The summed E-state index contributed by atoms with van der Waals surface area (Å²) in [6, 6.07) is 5.32. The third-order valence-electron chi connectivity index (χ3n) is 2.16. The van der Waals surface area contributed by atoms with Gasteiger partial charge in [0.05, 0.1) is 0 Å². The summed E-state index contributed by atoms with van der Waals surface area (Å²) in [5.41, 5.74) is 0.928. The Morgan fingerprint density at radius 2 is 2.38 bits per heavy atom. The molecule has 0 aromatic heterocycles. The van der Waals surface area contributed by atoms with Crippen LogP contribution >= 0.6 is 11.6 Å². The number of aryl methyl sites for hydroxylation is 1. The highest BCUT2D eigenvalue weighted by Crippen LogP contribution is 2.22. The van der Waals surface area contributed by atoms with Crippen LogP contribution in [-0.4, -0.2) is 25.5 Å². The van der Waals surface area contributed by atoms with Crippen LogP contribution in [0.1, 0.15) is 5.56 Å². The zero-order valence-corrected chi connectivity index (χ0v) is 9.49. The molecule has 0 N–H and O–H groups in total. The molecule has 1 aliphatic heterocycles. The molecule has 1 aromatic rings. The lowest BCUT2D eigenvalue weighted by atomic mass is 10.2. The Morgan fingerprint density at radius 1 is 1.56 bits per heavy atom. The number of rotatable bonds is 3. The normalized spacial score (nSPS) is 19.6. The van der Waals surface area contributed by atoms with Crippen molar-refractivity contribution in [1.29, 1.82) is 0 Å². The number of cyclic esters (lactones) is 1. The molecule has 2 rings (SSSR count). The van der Waals surface area contributed by atoms with Crippen molar-refractivity contribution < 1.29 is 19.0 Å². The van der Waals surface area contributed by atoms with Gasteiger partial charge in [-0.15, -0.1) is 0 Å². The van der Waals surface area contributed by atoms with Crippen molar-refractivity contribution in [3.05, 3.63) is 28.8 Å². The lowest BCUT2D eigenvalue weighted by molar-refractivity contribution is -0.145. The molecule has 0 saturated carbocycles. The van der Waals surface area contributed by atoms with Gasteiger partial charge in [-0.3, -0.25) is 0 Å². The fourth-order valence-electron chi connectivity index (χ4n) is 1.39. The Kier molecular flexibility index (Phi) is 3.31. The molecule has 1 unspecified atom stereocenters. The fraction of sp³-hybridized carbons (Fsp3) is 0.364. The molecule has 0 bridgehead atoms. The molecule has 1 atom stereocenters. The van der Waals surface area contributed by atoms with Gasteiger partial charge in [-0.05, 0) is 30.7 Å². The third kappa shape index (κ3) is 2.65. The zero-order valence-electron chi connectivity index (χ0n) is 8.73. The smallest absolute Gasteiger partial charge is 0.334 e. The molecule has 5 heteroatoms. The first-order valence-electron chi connectivity index (χ1n) is 4.85. The van der Waals surface area contributed by atoms with Gasteiger partial charge in [-0.25, -0.2) is 4.79 Å². The van der Waals surface area contributed by atoms with Crippen molar-refractivity contribution in [3.8, 4) is 5.75 Å². The molecule has 1 aliphatic rings. The minimum Gasteiger partial charge on any atom is -0.487 e. The molecule has 4 nitrogen and oxygen atoms in total. The van der Waals surface area contributed by atoms with Crippen LogP contribution in [0.15, 0.2) is 18.2 Å². The van der Waals surface area contributed by atoms with Gasteiger partial charge in [0.25, 0.3) is 0 Å². The van der Waals surface area contributed by atoms with Gasteiger partial charge in [-0.1, -0.05) is 11.6 Å². The molecular weight excluding hydrogens is 232 g/mol. The fourth-order valence-corrected chi connectivity index (χ4v) is 1.62. The van der Waals surface area contributed by atoms with E-state index >= 15 is 0 Å². The minimum absolute atomic E-state index is 0.00632. The Balaban J connectivity index is 1.92. The number of carbonyl (C=O) groups is 1. The van der Waals surface area contributed by atoms with Crippen molar-refractivity contribution in [2.24, 2.45) is 0 Å². The van der Waals surface area contributed by atoms with E-state index in [0.717, 1.165) is 5.56 Å². The quantitative estimate of drug-likeness (QED) is 0.760. The highest BCUT2D eigenvalue weighted by Gasteiger charge is 2.24. The van der Waals surface area contributed by atoms with Crippen LogP contribution in [0.2, 0.25) is 5.02 Å². The number of halogens is 1. The summed E-state index contributed by atoms with van der Waals surface area (Å²) < 4.78 is 15.3. The summed E-state index contributed by atoms with van der Waals surface area (Å²) in [7, 11) is 0. The van der Waals surface area contributed by atoms with Crippen LogP contribution in [0, 0.1) is 6.92 Å². The molecular formula is C11H11ClO4. The van der Waals surface area contributed by atoms with Gasteiger partial charge in [0.2, 0.25) is 6.29 Å². The summed E-state index contributed by atoms with van der Waals surface area (Å²) in [6.07, 6.45) is -0.609. The third-order valence-corrected chi connectivity index (χ3v) is 2.40. The molecule has 1 aromatic carbocycles. The maximum Gasteiger partial charge on any atom is 0.334 e. The Morgan fingerprint density at radius 3 is 3.00 bits per heavy atom. The van der Waals surface area contributed by atoms with E-state index in [-0.39, 0.29) is 19.2 Å². The van der Waals surface area contributed by atoms with Crippen LogP contribution in [0.5, 0.6) is 5.75 Å². The average molecular weight is 243 g/mol. The first-order valence-corrected chi connectivity index (χ1v) is 5.23. The summed E-state index contributed by atoms with van der Waals surface area (Å²) in [4.78, 5) is 10.8. The Labute approximate surface area is 98.1 Å². The first kappa shape index (κ1) is 11.2. The highest BCUT2D eigenvalue weighted by atomic mass is 35.5. The standard InChI is InChI=1S/C11H11ClO4/c1-7-4-8(12)2-3-9(7)14-6-11-15-5-10(13)16-11/h2-4,11H,5-6H2,1H3. The number of hydrogen-bond donors (Lipinski definition) is 0. The van der Waals surface area contributed by atoms with Crippen LogP contribution in [0.4, 0.5) is 0 Å². The van der Waals surface area contributed by atoms with Crippen LogP contribution in [0.25, 0.3) is 0 Å². The average Bonchev–Trinajstić information content (AvgIpc) is 2.63. The largest absolute Gasteiger partial charge is 0.487 e. The van der Waals surface area contributed by atoms with Crippen molar-refractivity contribution >= 4 is 17.6 Å². The van der Waals surface area contributed by atoms with Gasteiger partial charge in [0, 0.05) is 5.02 Å². The van der Waals surface area contributed by atoms with E-state index in [4.69, 9.17) is 25.8 Å². The number of ether oxygens (including phenoxy) is 3. The SMILES string of the molecule is Cc1cc(Cl)ccc1OCC1OCC(=O)O1. The summed E-state index contributed by atoms with van der Waals surface area (Å²) in [6.45, 7) is 2.07. The molecule has 0 radical (unpaired) electrons. The lowest BCUT2D eigenvalue weighted by Crippen LogP contribution is -2.19. The van der Waals surface area contributed by atoms with Gasteiger partial charge in [0.15, 0.2) is 6.61 Å². The molecule has 0 amide bonds. The zero-order chi connectivity index (χ0) is 11.5. The topological polar surface area (TPSA) is 44.8 Å². The summed E-state index contributed by atoms with van der Waals surface area (Å²) in [5, 5.41) is 0.661. The number of hydrogen-bond acceptors (Lipinski definition) is 4. The molecule has 1 fully saturated rings. The van der Waals surface area contributed by atoms with Crippen LogP contribution in [-0.2, 0) is 14.3 Å². The van der Waals surface area contributed by atoms with Crippen molar-refractivity contribution in [2.75, 3.05) is 13.2 Å². The number of esters is 1. The second-order valence-corrected chi connectivity index (χ2v) is 3.89. The lowest BCUT2D eigenvalue weighted by Gasteiger charge is -2.12. The predicted molar refractivity (Wildman–Crippen MR) is 57.5 cm³/mol. The Hall–Kier alpha value is -1.26. The van der Waals surface area contributed by atoms with E-state index < -0.39 is 6.29 Å². The van der Waals surface area contributed by atoms with E-state index in [1.54, 1.807) is 18.2 Å². The molecule has 0 spiro atoms. The van der Waals surface area contributed by atoms with Crippen molar-refractivity contribution in [2.45, 2.75) is 13.2 Å². The number of benzene rings is 1. The molecule has 86 valence electrons. The van der Waals surface area contributed by atoms with E-state index in [1.807, 2.05) is 6.92 Å². The molecule has 1 saturated heterocycles. The second-order valence-electron chi connectivity index (χ2n) is 3.45. The summed E-state index contributed by atoms with van der Waals surface area (Å²) >= 11 is 5.81. The maximum atomic E-state index is 10.8. The van der Waals surface area contributed by atoms with E-state index in [0.29, 0.717) is 10.8 Å². The van der Waals surface area contributed by atoms with Crippen LogP contribution < -0.4 is 4.74 Å². The predicted octanol–water partition coefficient (Wildman–Crippen LogP) is 1.93. The molecule has 0 aliphatic carbocycles. The second kappa shape index (κ2) is 4.72. The first-order chi connectivity index (χ1) is 7.65. The van der Waals surface area contributed by atoms with Crippen molar-refractivity contribution in [1.82, 2.24) is 0 Å². The highest BCUT2D eigenvalue weighted by molar-refractivity contribution is 6.30. The van der Waals surface area contributed by atoms with Crippen molar-refractivity contribution in [3.63, 3.8) is 0 Å². The van der Waals surface area contributed by atoms with E-state index in [9.17, 15) is 4.79 Å². The molecule has 16 heavy (non-hydrogen) atoms. The minimum atomic E-state index is -0.609. The monoisotopic (exact) mass is 242 g/mol. The van der Waals surface area contributed by atoms with E-state index in [2.05, 4.69) is 0 Å². The van der Waals surface area contributed by atoms with Gasteiger partial charge in [-0.2, -0.15) is 0 Å². The maximum absolute atomic E-state index is 10.8. The summed E-state index contributed by atoms with van der Waals surface area (Å²) in [5.74, 6) is 0.345. The van der Waals surface area contributed by atoms with Crippen LogP contribution in [0.3, 0.4) is 0 Å². The molecule has 1 heterocycles.